The molecule has 0 spiro atoms. The lowest BCUT2D eigenvalue weighted by molar-refractivity contribution is 0.0525. The van der Waals surface area contributed by atoms with E-state index < -0.39 is 0 Å². The summed E-state index contributed by atoms with van der Waals surface area (Å²) in [6.07, 6.45) is 1.61. The number of fused-ring (bicyclic) bond motifs is 1. The summed E-state index contributed by atoms with van der Waals surface area (Å²) in [7, 11) is 0. The van der Waals surface area contributed by atoms with E-state index in [1.54, 1.807) is 24.5 Å². The van der Waals surface area contributed by atoms with E-state index in [1.165, 1.54) is 0 Å². The number of hydrogen-bond acceptors (Lipinski definition) is 4. The highest BCUT2D eigenvalue weighted by Crippen LogP contribution is 2.28. The third kappa shape index (κ3) is 2.06. The van der Waals surface area contributed by atoms with Crippen LogP contribution >= 0.6 is 33.9 Å². The van der Waals surface area contributed by atoms with E-state index in [-0.39, 0.29) is 5.97 Å². The number of nitrogens with zero attached hydrogens (tertiary/aromatic N) is 1. The van der Waals surface area contributed by atoms with Gasteiger partial charge in [-0.2, -0.15) is 0 Å². The van der Waals surface area contributed by atoms with Crippen molar-refractivity contribution in [2.45, 2.75) is 11.4 Å². The van der Waals surface area contributed by atoms with E-state index in [1.807, 2.05) is 11.4 Å². The summed E-state index contributed by atoms with van der Waals surface area (Å²) in [5.74, 6) is -0.281. The number of thiophene rings is 1. The lowest BCUT2D eigenvalue weighted by atomic mass is 10.1. The lowest BCUT2D eigenvalue weighted by Gasteiger charge is -2.06. The van der Waals surface area contributed by atoms with Crippen LogP contribution in [0.5, 0.6) is 0 Å². The summed E-state index contributed by atoms with van der Waals surface area (Å²) < 4.78 is 6.88. The zero-order chi connectivity index (χ0) is 11.5. The summed E-state index contributed by atoms with van der Waals surface area (Å²) in [5, 5.41) is 1.99. The monoisotopic (exact) mass is 347 g/mol. The second-order valence-electron chi connectivity index (χ2n) is 3.14. The van der Waals surface area contributed by atoms with Crippen LogP contribution in [0.25, 0.3) is 10.2 Å². The molecule has 0 atom stereocenters. The largest absolute Gasteiger partial charge is 0.462 e. The molecule has 0 bridgehead atoms. The maximum absolute atomic E-state index is 11.7. The van der Waals surface area contributed by atoms with Crippen LogP contribution in [0, 0.1) is 0 Å². The maximum Gasteiger partial charge on any atom is 0.340 e. The van der Waals surface area contributed by atoms with Gasteiger partial charge in [-0.3, -0.25) is 4.98 Å². The Kier molecular flexibility index (Phi) is 3.75. The summed E-state index contributed by atoms with van der Waals surface area (Å²) in [6, 6.07) is 1.96. The Morgan fingerprint density at radius 1 is 1.62 bits per heavy atom. The number of pyridine rings is 1. The summed E-state index contributed by atoms with van der Waals surface area (Å²) in [4.78, 5) is 16.0. The van der Waals surface area contributed by atoms with Gasteiger partial charge in [0.25, 0.3) is 0 Å². The minimum atomic E-state index is -0.281. The van der Waals surface area contributed by atoms with Crippen molar-refractivity contribution < 1.29 is 9.53 Å². The van der Waals surface area contributed by atoms with Crippen LogP contribution in [0.2, 0.25) is 0 Å². The average Bonchev–Trinajstić information content (AvgIpc) is 2.75. The van der Waals surface area contributed by atoms with E-state index in [2.05, 4.69) is 27.6 Å². The minimum Gasteiger partial charge on any atom is -0.462 e. The molecule has 84 valence electrons. The highest BCUT2D eigenvalue weighted by atomic mass is 127. The van der Waals surface area contributed by atoms with Crippen molar-refractivity contribution in [1.29, 1.82) is 0 Å². The number of aromatic nitrogens is 1. The van der Waals surface area contributed by atoms with Gasteiger partial charge in [0.05, 0.1) is 22.4 Å². The van der Waals surface area contributed by atoms with Gasteiger partial charge in [-0.05, 0) is 23.9 Å². The summed E-state index contributed by atoms with van der Waals surface area (Å²) in [6.45, 7) is 2.20. The Morgan fingerprint density at radius 3 is 3.12 bits per heavy atom. The molecular weight excluding hydrogens is 337 g/mol. The maximum atomic E-state index is 11.7. The Balaban J connectivity index is 2.56. The molecule has 3 nitrogen and oxygen atoms in total. The molecule has 5 heteroatoms. The van der Waals surface area contributed by atoms with Crippen LogP contribution in [0.3, 0.4) is 0 Å². The van der Waals surface area contributed by atoms with Crippen LogP contribution < -0.4 is 0 Å². The van der Waals surface area contributed by atoms with Gasteiger partial charge in [0.1, 0.15) is 0 Å². The zero-order valence-electron chi connectivity index (χ0n) is 8.70. The number of ether oxygens (including phenoxy) is 1. The number of alkyl halides is 1. The molecule has 16 heavy (non-hydrogen) atoms. The summed E-state index contributed by atoms with van der Waals surface area (Å²) in [5.41, 5.74) is 2.56. The number of carbonyl (C=O) groups is 1. The average molecular weight is 347 g/mol. The normalized spacial score (nSPS) is 10.6. The molecule has 2 rings (SSSR count). The molecule has 2 aromatic rings. The third-order valence-electron chi connectivity index (χ3n) is 2.21. The van der Waals surface area contributed by atoms with Crippen LogP contribution in [0.1, 0.15) is 22.8 Å². The van der Waals surface area contributed by atoms with Gasteiger partial charge in [0, 0.05) is 10.6 Å². The molecule has 0 N–H and O–H groups in total. The lowest BCUT2D eigenvalue weighted by Crippen LogP contribution is -2.08. The minimum absolute atomic E-state index is 0.281. The van der Waals surface area contributed by atoms with E-state index >= 15 is 0 Å². The van der Waals surface area contributed by atoms with Gasteiger partial charge < -0.3 is 4.74 Å². The molecule has 0 aliphatic rings. The van der Waals surface area contributed by atoms with Gasteiger partial charge in [-0.15, -0.1) is 11.3 Å². The first kappa shape index (κ1) is 11.8. The predicted octanol–water partition coefficient (Wildman–Crippen LogP) is 3.41. The van der Waals surface area contributed by atoms with Crippen molar-refractivity contribution in [3.05, 3.63) is 28.8 Å². The highest BCUT2D eigenvalue weighted by Gasteiger charge is 2.16. The van der Waals surface area contributed by atoms with Gasteiger partial charge in [-0.25, -0.2) is 4.79 Å². The van der Waals surface area contributed by atoms with E-state index in [4.69, 9.17) is 4.74 Å². The predicted molar refractivity (Wildman–Crippen MR) is 73.3 cm³/mol. The first-order valence-electron chi connectivity index (χ1n) is 4.86. The first-order valence-corrected chi connectivity index (χ1v) is 7.26. The topological polar surface area (TPSA) is 39.2 Å². The van der Waals surface area contributed by atoms with E-state index in [9.17, 15) is 4.79 Å². The van der Waals surface area contributed by atoms with Crippen LogP contribution in [0.4, 0.5) is 0 Å². The first-order chi connectivity index (χ1) is 7.77. The molecule has 0 fully saturated rings. The highest BCUT2D eigenvalue weighted by molar-refractivity contribution is 14.1. The van der Waals surface area contributed by atoms with Crippen molar-refractivity contribution in [3.8, 4) is 0 Å². The van der Waals surface area contributed by atoms with Crippen molar-refractivity contribution in [1.82, 2.24) is 4.98 Å². The Bertz CT molecular complexity index is 524. The van der Waals surface area contributed by atoms with Crippen molar-refractivity contribution >= 4 is 50.1 Å². The van der Waals surface area contributed by atoms with Crippen LogP contribution in [-0.2, 0) is 9.16 Å². The molecule has 0 aliphatic heterocycles. The Morgan fingerprint density at radius 2 is 2.44 bits per heavy atom. The van der Waals surface area contributed by atoms with E-state index in [0.29, 0.717) is 12.2 Å². The molecule has 0 amide bonds. The van der Waals surface area contributed by atoms with Crippen molar-refractivity contribution in [2.75, 3.05) is 6.61 Å². The molecule has 0 saturated heterocycles. The fraction of sp³-hybridized carbons (Fsp3) is 0.273. The number of hydrogen-bond donors (Lipinski definition) is 0. The van der Waals surface area contributed by atoms with Gasteiger partial charge in [0.2, 0.25) is 0 Å². The molecule has 0 unspecified atom stereocenters. The molecule has 2 heterocycles. The second-order valence-corrected chi connectivity index (χ2v) is 4.82. The quantitative estimate of drug-likeness (QED) is 0.485. The number of carbonyl (C=O) groups excluding carboxylic acids is 1. The molecule has 2 aromatic heterocycles. The fourth-order valence-electron chi connectivity index (χ4n) is 1.48. The Labute approximate surface area is 111 Å². The van der Waals surface area contributed by atoms with Crippen LogP contribution in [-0.4, -0.2) is 17.6 Å². The van der Waals surface area contributed by atoms with Gasteiger partial charge in [-0.1, -0.05) is 22.6 Å². The molecule has 0 aromatic carbocycles. The van der Waals surface area contributed by atoms with Crippen molar-refractivity contribution in [3.63, 3.8) is 0 Å². The zero-order valence-corrected chi connectivity index (χ0v) is 11.7. The number of rotatable bonds is 3. The molecular formula is C11H10INO2S. The van der Waals surface area contributed by atoms with Crippen LogP contribution in [0.15, 0.2) is 17.6 Å². The number of esters is 1. The van der Waals surface area contributed by atoms with Gasteiger partial charge >= 0.3 is 5.97 Å². The summed E-state index contributed by atoms with van der Waals surface area (Å²) >= 11 is 3.87. The van der Waals surface area contributed by atoms with Crippen molar-refractivity contribution in [2.24, 2.45) is 0 Å². The van der Waals surface area contributed by atoms with E-state index in [0.717, 1.165) is 20.2 Å². The SMILES string of the molecule is CCOC(=O)c1cnc2ccsc2c1CI. The fourth-order valence-corrected chi connectivity index (χ4v) is 3.43. The van der Waals surface area contributed by atoms with Gasteiger partial charge in [0.15, 0.2) is 0 Å². The standard InChI is InChI=1S/C11H10INO2S/c1-2-15-11(14)8-6-13-9-3-4-16-10(9)7(8)5-12/h3-4,6H,2,5H2,1H3. The smallest absolute Gasteiger partial charge is 0.340 e. The second kappa shape index (κ2) is 5.09. The Hall–Kier alpha value is -0.690. The number of halogens is 1. The third-order valence-corrected chi connectivity index (χ3v) is 3.93. The molecule has 0 aliphatic carbocycles. The molecule has 0 saturated carbocycles. The molecule has 0 radical (unpaired) electrons.